The highest BCUT2D eigenvalue weighted by Gasteiger charge is 2.33. The van der Waals surface area contributed by atoms with E-state index in [4.69, 9.17) is 16.6 Å². The van der Waals surface area contributed by atoms with Gasteiger partial charge in [0.15, 0.2) is 0 Å². The van der Waals surface area contributed by atoms with Crippen LogP contribution in [0.2, 0.25) is 0 Å². The molecule has 13 nitrogen and oxygen atoms in total. The molecule has 5 atom stereocenters. The number of carbonyl (C=O) groups is 6. The molecule has 5 unspecified atom stereocenters. The predicted octanol–water partition coefficient (Wildman–Crippen LogP) is -1.12. The minimum absolute atomic E-state index is 0.175. The topological polar surface area (TPSA) is 231 Å². The minimum atomic E-state index is -1.60. The maximum Gasteiger partial charge on any atom is 0.326 e. The summed E-state index contributed by atoms with van der Waals surface area (Å²) in [5.41, 5.74) is 11.8. The molecule has 1 rings (SSSR count). The zero-order valence-electron chi connectivity index (χ0n) is 20.8. The van der Waals surface area contributed by atoms with E-state index >= 15 is 0 Å². The normalized spacial score (nSPS) is 14.8. The van der Waals surface area contributed by atoms with Crippen molar-refractivity contribution in [3.8, 4) is 0 Å². The van der Waals surface area contributed by atoms with Crippen LogP contribution in [0.1, 0.15) is 45.1 Å². The first-order chi connectivity index (χ1) is 17.3. The summed E-state index contributed by atoms with van der Waals surface area (Å²) in [4.78, 5) is 72.3. The van der Waals surface area contributed by atoms with Gasteiger partial charge in [0.1, 0.15) is 18.1 Å². The molecular formula is C24H35N5O8. The summed E-state index contributed by atoms with van der Waals surface area (Å²) < 4.78 is 0. The van der Waals surface area contributed by atoms with Gasteiger partial charge in [0.25, 0.3) is 0 Å². The Morgan fingerprint density at radius 1 is 0.892 bits per heavy atom. The van der Waals surface area contributed by atoms with Crippen LogP contribution in [0.25, 0.3) is 0 Å². The van der Waals surface area contributed by atoms with Crippen molar-refractivity contribution in [2.45, 2.75) is 70.1 Å². The molecule has 37 heavy (non-hydrogen) atoms. The second kappa shape index (κ2) is 15.2. The summed E-state index contributed by atoms with van der Waals surface area (Å²) in [5, 5.41) is 25.5. The van der Waals surface area contributed by atoms with Crippen molar-refractivity contribution in [3.63, 3.8) is 0 Å². The number of hydrogen-bond donors (Lipinski definition) is 7. The highest BCUT2D eigenvalue weighted by molar-refractivity contribution is 5.95. The highest BCUT2D eigenvalue weighted by atomic mass is 16.4. The van der Waals surface area contributed by atoms with Crippen molar-refractivity contribution >= 4 is 35.6 Å². The maximum absolute atomic E-state index is 13.1. The molecule has 0 aliphatic carbocycles. The summed E-state index contributed by atoms with van der Waals surface area (Å²) in [6.07, 6.45) is -0.807. The van der Waals surface area contributed by atoms with Gasteiger partial charge >= 0.3 is 11.9 Å². The number of aliphatic carboxylic acids is 2. The number of nitrogens with one attached hydrogen (secondary N) is 3. The Balaban J connectivity index is 3.03. The van der Waals surface area contributed by atoms with E-state index in [2.05, 4.69) is 16.0 Å². The lowest BCUT2D eigenvalue weighted by Gasteiger charge is -2.28. The maximum atomic E-state index is 13.1. The fourth-order valence-corrected chi connectivity index (χ4v) is 3.39. The lowest BCUT2D eigenvalue weighted by atomic mass is 9.97. The number of carboxylic acid groups (broad SMARTS) is 2. The van der Waals surface area contributed by atoms with Gasteiger partial charge in [-0.3, -0.25) is 24.0 Å². The first kappa shape index (κ1) is 31.0. The summed E-state index contributed by atoms with van der Waals surface area (Å²) in [5.74, 6) is -6.52. The SMILES string of the molecule is CCC(C)C(NC(=O)C(CCC(=O)O)NC(=O)C(N)Cc1ccccc1)C(=O)NC(CC(N)=O)C(=O)O. The molecule has 0 radical (unpaired) electrons. The summed E-state index contributed by atoms with van der Waals surface area (Å²) >= 11 is 0. The quantitative estimate of drug-likeness (QED) is 0.139. The molecule has 204 valence electrons. The van der Waals surface area contributed by atoms with Crippen molar-refractivity contribution in [2.75, 3.05) is 0 Å². The van der Waals surface area contributed by atoms with Crippen molar-refractivity contribution in [1.29, 1.82) is 0 Å². The van der Waals surface area contributed by atoms with Crippen molar-refractivity contribution in [2.24, 2.45) is 17.4 Å². The standard InChI is InChI=1S/C24H35N5O8/c1-3-13(2)20(23(35)28-17(24(36)37)12-18(26)30)29-22(34)16(9-10-19(31)32)27-21(33)15(25)11-14-7-5-4-6-8-14/h4-8,13,15-17,20H,3,9-12,25H2,1-2H3,(H2,26,30)(H,27,33)(H,28,35)(H,29,34)(H,31,32)(H,36,37). The van der Waals surface area contributed by atoms with E-state index in [1.165, 1.54) is 0 Å². The number of carboxylic acids is 2. The third-order valence-corrected chi connectivity index (χ3v) is 5.73. The van der Waals surface area contributed by atoms with Crippen molar-refractivity contribution < 1.29 is 39.0 Å². The zero-order chi connectivity index (χ0) is 28.1. The highest BCUT2D eigenvalue weighted by Crippen LogP contribution is 2.11. The molecule has 0 saturated heterocycles. The molecule has 0 bridgehead atoms. The van der Waals surface area contributed by atoms with E-state index in [1.54, 1.807) is 44.2 Å². The molecule has 4 amide bonds. The Kier molecular flexibility index (Phi) is 12.7. The summed E-state index contributed by atoms with van der Waals surface area (Å²) in [6.45, 7) is 3.37. The first-order valence-electron chi connectivity index (χ1n) is 11.8. The van der Waals surface area contributed by atoms with Crippen LogP contribution in [0.3, 0.4) is 0 Å². The molecule has 0 fully saturated rings. The molecule has 1 aromatic carbocycles. The fourth-order valence-electron chi connectivity index (χ4n) is 3.39. The largest absolute Gasteiger partial charge is 0.481 e. The van der Waals surface area contributed by atoms with Crippen molar-refractivity contribution in [1.82, 2.24) is 16.0 Å². The van der Waals surface area contributed by atoms with Crippen LogP contribution < -0.4 is 27.4 Å². The van der Waals surface area contributed by atoms with Gasteiger partial charge in [0.05, 0.1) is 12.5 Å². The van der Waals surface area contributed by atoms with E-state index in [1.807, 2.05) is 0 Å². The molecule has 0 heterocycles. The second-order valence-electron chi connectivity index (χ2n) is 8.73. The van der Waals surface area contributed by atoms with Gasteiger partial charge in [0, 0.05) is 6.42 Å². The van der Waals surface area contributed by atoms with Gasteiger partial charge in [-0.25, -0.2) is 4.79 Å². The molecule has 0 aliphatic heterocycles. The Labute approximate surface area is 214 Å². The smallest absolute Gasteiger partial charge is 0.326 e. The monoisotopic (exact) mass is 521 g/mol. The third-order valence-electron chi connectivity index (χ3n) is 5.73. The number of carbonyl (C=O) groups excluding carboxylic acids is 4. The molecule has 0 aliphatic rings. The number of primary amides is 1. The van der Waals surface area contributed by atoms with E-state index in [9.17, 15) is 33.9 Å². The first-order valence-corrected chi connectivity index (χ1v) is 11.8. The molecule has 1 aromatic rings. The summed E-state index contributed by atoms with van der Waals surface area (Å²) in [6, 6.07) is 3.72. The Hall–Kier alpha value is -4.00. The molecule has 0 aromatic heterocycles. The van der Waals surface area contributed by atoms with Gasteiger partial charge in [0.2, 0.25) is 23.6 Å². The summed E-state index contributed by atoms with van der Waals surface area (Å²) in [7, 11) is 0. The van der Waals surface area contributed by atoms with Gasteiger partial charge in [-0.2, -0.15) is 0 Å². The van der Waals surface area contributed by atoms with E-state index in [0.29, 0.717) is 6.42 Å². The Morgan fingerprint density at radius 2 is 1.49 bits per heavy atom. The van der Waals surface area contributed by atoms with Gasteiger partial charge < -0.3 is 37.6 Å². The molecule has 0 spiro atoms. The average Bonchev–Trinajstić information content (AvgIpc) is 2.83. The van der Waals surface area contributed by atoms with Crippen LogP contribution in [0.5, 0.6) is 0 Å². The van der Waals surface area contributed by atoms with Crippen LogP contribution in [-0.2, 0) is 35.2 Å². The van der Waals surface area contributed by atoms with E-state index in [0.717, 1.165) is 5.56 Å². The number of rotatable bonds is 16. The lowest BCUT2D eigenvalue weighted by molar-refractivity contribution is -0.144. The lowest BCUT2D eigenvalue weighted by Crippen LogP contribution is -2.59. The van der Waals surface area contributed by atoms with Gasteiger partial charge in [-0.1, -0.05) is 50.6 Å². The van der Waals surface area contributed by atoms with Gasteiger partial charge in [-0.15, -0.1) is 0 Å². The minimum Gasteiger partial charge on any atom is -0.481 e. The van der Waals surface area contributed by atoms with Crippen LogP contribution in [0, 0.1) is 5.92 Å². The number of nitrogens with two attached hydrogens (primary N) is 2. The van der Waals surface area contributed by atoms with Crippen LogP contribution in [-0.4, -0.2) is 69.9 Å². The van der Waals surface area contributed by atoms with Crippen molar-refractivity contribution in [3.05, 3.63) is 35.9 Å². The van der Waals surface area contributed by atoms with Crippen LogP contribution >= 0.6 is 0 Å². The second-order valence-corrected chi connectivity index (χ2v) is 8.73. The third kappa shape index (κ3) is 11.1. The zero-order valence-corrected chi connectivity index (χ0v) is 20.8. The number of benzene rings is 1. The van der Waals surface area contributed by atoms with E-state index in [-0.39, 0.29) is 12.8 Å². The Morgan fingerprint density at radius 3 is 2.00 bits per heavy atom. The van der Waals surface area contributed by atoms with Crippen LogP contribution in [0.4, 0.5) is 0 Å². The average molecular weight is 522 g/mol. The molecule has 13 heteroatoms. The molecule has 9 N–H and O–H groups in total. The van der Waals surface area contributed by atoms with E-state index < -0.39 is 78.5 Å². The Bertz CT molecular complexity index is 971. The van der Waals surface area contributed by atoms with Gasteiger partial charge in [-0.05, 0) is 24.3 Å². The molecular weight excluding hydrogens is 486 g/mol. The fraction of sp³-hybridized carbons (Fsp3) is 0.500. The van der Waals surface area contributed by atoms with Crippen LogP contribution in [0.15, 0.2) is 30.3 Å². The number of hydrogen-bond acceptors (Lipinski definition) is 7. The number of amides is 4. The predicted molar refractivity (Wildman–Crippen MR) is 132 cm³/mol. The molecule has 0 saturated carbocycles.